The summed E-state index contributed by atoms with van der Waals surface area (Å²) in [5, 5.41) is 117. The Labute approximate surface area is 414 Å². The van der Waals surface area contributed by atoms with Gasteiger partial charge >= 0.3 is 41.6 Å². The number of hydrogen-bond donors (Lipinski definition) is 15. The Morgan fingerprint density at radius 3 is 1.19 bits per heavy atom. The van der Waals surface area contributed by atoms with E-state index in [4.69, 9.17) is 55.9 Å². The molecular weight excluding hydrogens is 1100 g/mol. The normalized spacial score (nSPS) is 44.5. The summed E-state index contributed by atoms with van der Waals surface area (Å²) >= 11 is 0. The molecule has 40 heteroatoms. The quantitative estimate of drug-likeness (QED) is 0.0448. The molecule has 0 aliphatic carbocycles. The molecule has 0 saturated carbocycles. The minimum absolute atomic E-state index is 0.800. The van der Waals surface area contributed by atoms with E-state index in [1.165, 1.54) is 13.8 Å². The minimum Gasteiger partial charge on any atom is -0.394 e. The topological polar surface area (TPSA) is 560 Å². The maximum Gasteiger partial charge on any atom is 0.397 e. The standard InChI is InChI=1S/C33H58O36S4/c1-9-11(5-57-32-23(42)27(68-72(51,52)53)17(36)10(2)62-32)25(66-70(45,46)47)22(41)31(61-9)59-7-13-18(37)14(3-34)64-30(19(13)38)58-6-12-16(63-29(44)21(40)26(12)67-71(48,49)50)8-60-33-24(43)28(69-73(54,55)56)20(39)15(4-35)65-33/h9-44H,3-8H2,1-2H3,(H,45,46,47)(H,48,49,50)(H,51,52,53)(H,54,55,56)/t9?,10?,11-,12+,13-,14?,15?,16?,17-,18-,19?,20+,21?,22?,23?,24?,25+,26-,27+,28-,29-,30-,31-,32-,33-/m1/s1. The molecule has 0 spiro atoms. The van der Waals surface area contributed by atoms with Crippen LogP contribution in [0.15, 0.2) is 0 Å². The van der Waals surface area contributed by atoms with Crippen molar-refractivity contribution in [3.63, 3.8) is 0 Å². The zero-order valence-electron chi connectivity index (χ0n) is 37.6. The van der Waals surface area contributed by atoms with Gasteiger partial charge in [-0.1, -0.05) is 0 Å². The molecule has 0 aromatic carbocycles. The lowest BCUT2D eigenvalue weighted by Gasteiger charge is -2.46. The molecule has 0 aromatic heterocycles. The average molecular weight is 1160 g/mol. The van der Waals surface area contributed by atoms with Crippen molar-refractivity contribution in [1.82, 2.24) is 0 Å². The summed E-state index contributed by atoms with van der Waals surface area (Å²) in [6.07, 6.45) is -43.7. The van der Waals surface area contributed by atoms with E-state index in [-0.39, 0.29) is 0 Å². The predicted octanol–water partition coefficient (Wildman–Crippen LogP) is -9.82. The first kappa shape index (κ1) is 62.5. The summed E-state index contributed by atoms with van der Waals surface area (Å²) in [7, 11) is -21.6. The summed E-state index contributed by atoms with van der Waals surface area (Å²) in [5.41, 5.74) is 0. The molecular formula is C33H58O36S4. The smallest absolute Gasteiger partial charge is 0.394 e. The van der Waals surface area contributed by atoms with Gasteiger partial charge in [0.15, 0.2) is 31.5 Å². The number of aliphatic hydroxyl groups excluding tert-OH is 11. The van der Waals surface area contributed by atoms with Gasteiger partial charge in [-0.05, 0) is 13.8 Å². The van der Waals surface area contributed by atoms with Crippen LogP contribution in [0.5, 0.6) is 0 Å². The van der Waals surface area contributed by atoms with E-state index >= 15 is 0 Å². The van der Waals surface area contributed by atoms with Gasteiger partial charge in [0, 0.05) is 17.8 Å². The van der Waals surface area contributed by atoms with Crippen LogP contribution in [-0.4, -0.2) is 283 Å². The van der Waals surface area contributed by atoms with Crippen LogP contribution in [-0.2, 0) is 101 Å². The van der Waals surface area contributed by atoms with Crippen molar-refractivity contribution in [2.45, 2.75) is 149 Å². The summed E-state index contributed by atoms with van der Waals surface area (Å²) in [4.78, 5) is 0. The molecule has 0 amide bonds. The molecule has 430 valence electrons. The van der Waals surface area contributed by atoms with E-state index < -0.39 is 234 Å². The van der Waals surface area contributed by atoms with E-state index in [1.54, 1.807) is 0 Å². The zero-order valence-corrected chi connectivity index (χ0v) is 40.9. The Balaban J connectivity index is 1.31. The van der Waals surface area contributed by atoms with Crippen molar-refractivity contribution in [3.8, 4) is 0 Å². The van der Waals surface area contributed by atoms with Crippen LogP contribution in [0.3, 0.4) is 0 Å². The van der Waals surface area contributed by atoms with Gasteiger partial charge in [-0.3, -0.25) is 18.2 Å². The van der Waals surface area contributed by atoms with Crippen LogP contribution in [0, 0.1) is 17.8 Å². The molecule has 5 heterocycles. The van der Waals surface area contributed by atoms with Gasteiger partial charge in [0.25, 0.3) is 0 Å². The lowest BCUT2D eigenvalue weighted by atomic mass is 9.88. The molecule has 5 fully saturated rings. The highest BCUT2D eigenvalue weighted by molar-refractivity contribution is 7.81. The minimum atomic E-state index is -5.52. The van der Waals surface area contributed by atoms with Crippen molar-refractivity contribution in [2.24, 2.45) is 17.8 Å². The number of aliphatic hydroxyl groups is 11. The Morgan fingerprint density at radius 1 is 0.356 bits per heavy atom. The van der Waals surface area contributed by atoms with Gasteiger partial charge in [0.05, 0.1) is 64.1 Å². The molecule has 0 bridgehead atoms. The van der Waals surface area contributed by atoms with E-state index in [0.29, 0.717) is 0 Å². The molecule has 73 heavy (non-hydrogen) atoms. The van der Waals surface area contributed by atoms with Crippen molar-refractivity contribution in [1.29, 1.82) is 0 Å². The predicted molar refractivity (Wildman–Crippen MR) is 219 cm³/mol. The molecule has 0 radical (unpaired) electrons. The molecule has 5 rings (SSSR count). The zero-order chi connectivity index (χ0) is 54.9. The van der Waals surface area contributed by atoms with Gasteiger partial charge < -0.3 is 98.8 Å². The van der Waals surface area contributed by atoms with E-state index in [9.17, 15) is 98.9 Å². The first-order chi connectivity index (χ1) is 33.6. The molecule has 0 aromatic rings. The largest absolute Gasteiger partial charge is 0.397 e. The van der Waals surface area contributed by atoms with Crippen molar-refractivity contribution < 1.29 is 167 Å². The number of ether oxygens (including phenoxy) is 9. The molecule has 15 N–H and O–H groups in total. The average Bonchev–Trinajstić information content (AvgIpc) is 3.27. The summed E-state index contributed by atoms with van der Waals surface area (Å²) in [6.45, 7) is -3.39. The van der Waals surface area contributed by atoms with E-state index in [0.717, 1.165) is 0 Å². The lowest BCUT2D eigenvalue weighted by molar-refractivity contribution is -0.334. The van der Waals surface area contributed by atoms with Gasteiger partial charge in [-0.15, -0.1) is 0 Å². The highest BCUT2D eigenvalue weighted by atomic mass is 32.3. The monoisotopic (exact) mass is 1160 g/mol. The van der Waals surface area contributed by atoms with Crippen LogP contribution in [0.1, 0.15) is 13.8 Å². The Kier molecular flexibility index (Phi) is 21.6. The Bertz CT molecular complexity index is 2230. The fourth-order valence-corrected chi connectivity index (χ4v) is 10.6. The second-order valence-electron chi connectivity index (χ2n) is 17.1. The molecule has 25 atom stereocenters. The third kappa shape index (κ3) is 16.4. The number of hydrogen-bond acceptors (Lipinski definition) is 32. The van der Waals surface area contributed by atoms with Gasteiger partial charge in [0.2, 0.25) is 0 Å². The van der Waals surface area contributed by atoms with Crippen molar-refractivity contribution >= 4 is 41.6 Å². The molecule has 10 unspecified atom stereocenters. The highest BCUT2D eigenvalue weighted by Gasteiger charge is 2.54. The van der Waals surface area contributed by atoms with Gasteiger partial charge in [-0.25, -0.2) is 16.7 Å². The molecule has 5 saturated heterocycles. The van der Waals surface area contributed by atoms with E-state index in [2.05, 4.69) is 12.5 Å². The van der Waals surface area contributed by atoms with Crippen LogP contribution in [0.25, 0.3) is 0 Å². The fraction of sp³-hybridized carbons (Fsp3) is 1.00. The summed E-state index contributed by atoms with van der Waals surface area (Å²) in [5.74, 6) is -4.91. The summed E-state index contributed by atoms with van der Waals surface area (Å²) in [6, 6.07) is 0. The second kappa shape index (κ2) is 25.2. The third-order valence-electron chi connectivity index (χ3n) is 12.2. The Morgan fingerprint density at radius 2 is 0.712 bits per heavy atom. The first-order valence-electron chi connectivity index (χ1n) is 21.4. The Hall–Kier alpha value is -1.32. The molecule has 36 nitrogen and oxygen atoms in total. The SMILES string of the molecule is CC1O[C@@H](OC[C@@H]2C(C)O[C@@H](OC[C@H]3C(O)[C@H](OC[C@H]4C(CO[C@@H]5OC(CO)[C@H](O)[C@@H](OS(=O)(=O)O)C5O)O[C@@H](O)C(O)[C@@H]4OS(=O)(=O)O)OC(CO)[C@@H]3O)C(O)[C@H]2OS(=O)(=O)O)C(O)[C@@H](OS(=O)(=O)O)[C@@H]1O. The summed E-state index contributed by atoms with van der Waals surface area (Å²) < 4.78 is 198. The van der Waals surface area contributed by atoms with Crippen LogP contribution in [0.4, 0.5) is 0 Å². The third-order valence-corrected chi connectivity index (χ3v) is 14.0. The van der Waals surface area contributed by atoms with Crippen LogP contribution < -0.4 is 0 Å². The van der Waals surface area contributed by atoms with E-state index in [1.807, 2.05) is 0 Å². The first-order valence-corrected chi connectivity index (χ1v) is 26.8. The van der Waals surface area contributed by atoms with Crippen molar-refractivity contribution in [2.75, 3.05) is 39.6 Å². The van der Waals surface area contributed by atoms with Crippen molar-refractivity contribution in [3.05, 3.63) is 0 Å². The lowest BCUT2D eigenvalue weighted by Crippen LogP contribution is -2.62. The van der Waals surface area contributed by atoms with Gasteiger partial charge in [-0.2, -0.15) is 33.7 Å². The number of rotatable bonds is 22. The second-order valence-corrected chi connectivity index (χ2v) is 21.3. The molecule has 5 aliphatic heterocycles. The van der Waals surface area contributed by atoms with Crippen LogP contribution >= 0.6 is 0 Å². The fourth-order valence-electron chi connectivity index (χ4n) is 8.47. The van der Waals surface area contributed by atoms with Crippen LogP contribution in [0.2, 0.25) is 0 Å². The highest BCUT2D eigenvalue weighted by Crippen LogP contribution is 2.37. The molecule has 5 aliphatic rings. The van der Waals surface area contributed by atoms with Gasteiger partial charge in [0.1, 0.15) is 79.4 Å². The maximum atomic E-state index is 12.0. The maximum absolute atomic E-state index is 12.0.